The summed E-state index contributed by atoms with van der Waals surface area (Å²) < 4.78 is 105. The summed E-state index contributed by atoms with van der Waals surface area (Å²) in [6.45, 7) is 2.54. The van der Waals surface area contributed by atoms with Gasteiger partial charge in [-0.15, -0.1) is 0 Å². The van der Waals surface area contributed by atoms with E-state index < -0.39 is 56.4 Å². The Morgan fingerprint density at radius 1 is 1.08 bits per heavy atom. The summed E-state index contributed by atoms with van der Waals surface area (Å²) in [5, 5.41) is 9.02. The van der Waals surface area contributed by atoms with E-state index in [0.29, 0.717) is 12.5 Å². The van der Waals surface area contributed by atoms with Gasteiger partial charge in [-0.05, 0) is 25.0 Å². The number of halogens is 7. The number of carbonyl (C=O) groups is 1. The zero-order valence-corrected chi connectivity index (χ0v) is 14.4. The fourth-order valence-electron chi connectivity index (χ4n) is 2.33. The number of hydrogen-bond donors (Lipinski definition) is 1. The van der Waals surface area contributed by atoms with Gasteiger partial charge in [0.2, 0.25) is 0 Å². The molecule has 26 heavy (non-hydrogen) atoms. The molecule has 0 unspecified atom stereocenters. The maximum atomic E-state index is 14.5. The Labute approximate surface area is 146 Å². The second-order valence-electron chi connectivity index (χ2n) is 5.48. The number of carboxylic acid groups (broad SMARTS) is 1. The van der Waals surface area contributed by atoms with Crippen LogP contribution >= 0.6 is 0 Å². The maximum absolute atomic E-state index is 14.5. The molecule has 1 aromatic rings. The van der Waals surface area contributed by atoms with Gasteiger partial charge >= 0.3 is 24.0 Å². The first-order valence-electron chi connectivity index (χ1n) is 7.28. The van der Waals surface area contributed by atoms with Crippen molar-refractivity contribution >= 4 is 16.8 Å². The van der Waals surface area contributed by atoms with Crippen LogP contribution in [0.5, 0.6) is 0 Å². The number of benzene rings is 1. The van der Waals surface area contributed by atoms with E-state index in [0.717, 1.165) is 6.92 Å². The third-order valence-corrected chi connectivity index (χ3v) is 5.34. The van der Waals surface area contributed by atoms with Crippen molar-refractivity contribution in [3.63, 3.8) is 0 Å². The number of unbranched alkanes of at least 4 members (excludes halogenated alkanes) is 1. The highest BCUT2D eigenvalue weighted by Gasteiger charge is 2.74. The summed E-state index contributed by atoms with van der Waals surface area (Å²) in [7, 11) is -2.45. The number of carboxylic acids is 1. The van der Waals surface area contributed by atoms with Crippen LogP contribution in [0.25, 0.3) is 0 Å². The molecule has 1 rings (SSSR count). The molecule has 1 atom stereocenters. The van der Waals surface area contributed by atoms with Crippen molar-refractivity contribution in [2.75, 3.05) is 5.75 Å². The normalized spacial score (nSPS) is 14.3. The summed E-state index contributed by atoms with van der Waals surface area (Å²) in [6.07, 6.45) is -12.2. The zero-order valence-electron chi connectivity index (χ0n) is 13.6. The van der Waals surface area contributed by atoms with Crippen LogP contribution in [0.1, 0.15) is 41.3 Å². The van der Waals surface area contributed by atoms with Crippen molar-refractivity contribution in [1.29, 1.82) is 0 Å². The second kappa shape index (κ2) is 7.53. The molecule has 0 fully saturated rings. The zero-order chi connectivity index (χ0) is 20.5. The van der Waals surface area contributed by atoms with E-state index in [2.05, 4.69) is 0 Å². The molecule has 0 aliphatic heterocycles. The quantitative estimate of drug-likeness (QED) is 0.682. The van der Waals surface area contributed by atoms with Crippen molar-refractivity contribution in [1.82, 2.24) is 0 Å². The van der Waals surface area contributed by atoms with E-state index in [1.54, 1.807) is 6.92 Å². The molecular weight excluding hydrogens is 393 g/mol. The van der Waals surface area contributed by atoms with Gasteiger partial charge in [0.05, 0.1) is 16.4 Å². The predicted molar refractivity (Wildman–Crippen MR) is 79.2 cm³/mol. The summed E-state index contributed by atoms with van der Waals surface area (Å²) >= 11 is 0. The standard InChI is InChI=1S/C15H15F7O3S/c1-3-4-7-26(25)11-8(2)9(12(23)24)5-6-10(11)13(16,14(17,18)19)15(20,21)22/h5-6H,3-4,7H2,1-2H3,(H,23,24)/t26-/m1/s1. The van der Waals surface area contributed by atoms with E-state index in [1.807, 2.05) is 0 Å². The Hall–Kier alpha value is -1.65. The van der Waals surface area contributed by atoms with Crippen molar-refractivity contribution < 1.29 is 44.8 Å². The highest BCUT2D eigenvalue weighted by atomic mass is 32.2. The molecule has 0 aliphatic carbocycles. The van der Waals surface area contributed by atoms with E-state index >= 15 is 0 Å². The lowest BCUT2D eigenvalue weighted by molar-refractivity contribution is -0.349. The number of rotatable bonds is 6. The minimum absolute atomic E-state index is 0.0939. The van der Waals surface area contributed by atoms with Crippen LogP contribution in [-0.2, 0) is 16.5 Å². The first-order chi connectivity index (χ1) is 11.7. The Morgan fingerprint density at radius 3 is 1.96 bits per heavy atom. The maximum Gasteiger partial charge on any atom is 0.435 e. The lowest BCUT2D eigenvalue weighted by Gasteiger charge is -2.32. The highest BCUT2D eigenvalue weighted by Crippen LogP contribution is 2.54. The molecule has 0 radical (unpaired) electrons. The average molecular weight is 408 g/mol. The largest absolute Gasteiger partial charge is 0.478 e. The van der Waals surface area contributed by atoms with Crippen LogP contribution < -0.4 is 0 Å². The minimum atomic E-state index is -6.38. The Morgan fingerprint density at radius 2 is 1.58 bits per heavy atom. The average Bonchev–Trinajstić information content (AvgIpc) is 2.48. The molecular formula is C15H15F7O3S. The fourth-order valence-corrected chi connectivity index (χ4v) is 3.99. The first kappa shape index (κ1) is 22.4. The SMILES string of the molecule is CCCC[S@@](=O)c1c(C(F)(C(F)(F)F)C(F)(F)F)ccc(C(=O)O)c1C. The predicted octanol–water partition coefficient (Wildman–Crippen LogP) is 4.89. The molecule has 0 bridgehead atoms. The molecule has 0 spiro atoms. The molecule has 11 heteroatoms. The molecule has 1 N–H and O–H groups in total. The summed E-state index contributed by atoms with van der Waals surface area (Å²) in [4.78, 5) is 10.0. The molecule has 3 nitrogen and oxygen atoms in total. The van der Waals surface area contributed by atoms with E-state index in [4.69, 9.17) is 5.11 Å². The van der Waals surface area contributed by atoms with Crippen molar-refractivity contribution in [3.05, 3.63) is 28.8 Å². The van der Waals surface area contributed by atoms with Crippen LogP contribution in [0.15, 0.2) is 17.0 Å². The van der Waals surface area contributed by atoms with Gasteiger partial charge in [0, 0.05) is 16.2 Å². The third kappa shape index (κ3) is 3.86. The van der Waals surface area contributed by atoms with Gasteiger partial charge in [0.25, 0.3) is 0 Å². The summed E-state index contributed by atoms with van der Waals surface area (Å²) in [5.74, 6) is -1.98. The van der Waals surface area contributed by atoms with Gasteiger partial charge in [-0.25, -0.2) is 9.18 Å². The molecule has 1 aromatic carbocycles. The molecule has 0 heterocycles. The van der Waals surface area contributed by atoms with Crippen LogP contribution in [0, 0.1) is 6.92 Å². The number of hydrogen-bond acceptors (Lipinski definition) is 2. The lowest BCUT2D eigenvalue weighted by Crippen LogP contribution is -2.51. The van der Waals surface area contributed by atoms with E-state index in [1.165, 1.54) is 0 Å². The van der Waals surface area contributed by atoms with Gasteiger partial charge in [-0.2, -0.15) is 26.3 Å². The molecule has 0 aliphatic rings. The Kier molecular flexibility index (Phi) is 6.49. The first-order valence-corrected chi connectivity index (χ1v) is 8.60. The molecule has 0 amide bonds. The highest BCUT2D eigenvalue weighted by molar-refractivity contribution is 7.85. The van der Waals surface area contributed by atoms with Crippen molar-refractivity contribution in [3.8, 4) is 0 Å². The van der Waals surface area contributed by atoms with Crippen LogP contribution in [0.2, 0.25) is 0 Å². The monoisotopic (exact) mass is 408 g/mol. The van der Waals surface area contributed by atoms with Gasteiger partial charge in [0.15, 0.2) is 0 Å². The Balaban J connectivity index is 3.88. The topological polar surface area (TPSA) is 54.4 Å². The third-order valence-electron chi connectivity index (χ3n) is 3.70. The van der Waals surface area contributed by atoms with Gasteiger partial charge in [-0.1, -0.05) is 19.4 Å². The van der Waals surface area contributed by atoms with Gasteiger partial charge in [0.1, 0.15) is 0 Å². The van der Waals surface area contributed by atoms with Crippen LogP contribution in [0.3, 0.4) is 0 Å². The molecule has 148 valence electrons. The summed E-state index contributed by atoms with van der Waals surface area (Å²) in [5.41, 5.74) is -8.92. The minimum Gasteiger partial charge on any atom is -0.478 e. The second-order valence-corrected chi connectivity index (χ2v) is 6.98. The van der Waals surface area contributed by atoms with Crippen molar-refractivity contribution in [2.24, 2.45) is 0 Å². The van der Waals surface area contributed by atoms with Gasteiger partial charge in [-0.3, -0.25) is 4.21 Å². The van der Waals surface area contributed by atoms with Crippen LogP contribution in [0.4, 0.5) is 30.7 Å². The smallest absolute Gasteiger partial charge is 0.435 e. The molecule has 0 aromatic heterocycles. The fraction of sp³-hybridized carbons (Fsp3) is 0.533. The Bertz CT molecular complexity index is 696. The number of alkyl halides is 7. The van der Waals surface area contributed by atoms with E-state index in [-0.39, 0.29) is 18.2 Å². The van der Waals surface area contributed by atoms with Crippen molar-refractivity contribution in [2.45, 2.75) is 49.6 Å². The van der Waals surface area contributed by atoms with E-state index in [9.17, 15) is 39.7 Å². The van der Waals surface area contributed by atoms with Gasteiger partial charge < -0.3 is 5.11 Å². The molecule has 0 saturated carbocycles. The molecule has 0 saturated heterocycles. The number of aromatic carboxylic acids is 1. The summed E-state index contributed by atoms with van der Waals surface area (Å²) in [6, 6.07) is 0.538. The lowest BCUT2D eigenvalue weighted by atomic mass is 9.91. The van der Waals surface area contributed by atoms with Crippen LogP contribution in [-0.4, -0.2) is 33.4 Å².